The molecule has 1 saturated heterocycles. The van der Waals surface area contributed by atoms with Crippen molar-refractivity contribution in [2.45, 2.75) is 83.7 Å². The summed E-state index contributed by atoms with van der Waals surface area (Å²) in [6, 6.07) is 9.81. The SMILES string of the molecule is CC(=O)NC1C(SCCCCCCOCc2ccccc2)OC(COC(C)=O)C(OC(C)=O)C1C. The van der Waals surface area contributed by atoms with Crippen LogP contribution in [0.2, 0.25) is 0 Å². The molecule has 0 aliphatic carbocycles. The van der Waals surface area contributed by atoms with E-state index in [1.54, 1.807) is 11.8 Å². The maximum Gasteiger partial charge on any atom is 0.303 e. The molecule has 1 aliphatic heterocycles. The van der Waals surface area contributed by atoms with Gasteiger partial charge in [-0.3, -0.25) is 14.4 Å². The summed E-state index contributed by atoms with van der Waals surface area (Å²) < 4.78 is 22.6. The number of carbonyl (C=O) groups is 3. The molecule has 0 spiro atoms. The van der Waals surface area contributed by atoms with Gasteiger partial charge >= 0.3 is 11.9 Å². The fourth-order valence-corrected chi connectivity index (χ4v) is 5.38. The second-order valence-corrected chi connectivity index (χ2v) is 10.0. The van der Waals surface area contributed by atoms with E-state index in [9.17, 15) is 14.4 Å². The minimum absolute atomic E-state index is 0.00947. The van der Waals surface area contributed by atoms with E-state index in [4.69, 9.17) is 18.9 Å². The van der Waals surface area contributed by atoms with E-state index in [1.165, 1.54) is 26.3 Å². The molecule has 196 valence electrons. The standard InChI is InChI=1S/C26H39NO7S/c1-18-24(27-19(2)28)26(34-23(17-32-20(3)29)25(18)33-21(4)30)35-15-11-6-5-10-14-31-16-22-12-8-7-9-13-22/h7-9,12-13,18,23-26H,5-6,10-11,14-17H2,1-4H3,(H,27,28). The summed E-state index contributed by atoms with van der Waals surface area (Å²) in [5, 5.41) is 2.96. The Morgan fingerprint density at radius 3 is 2.37 bits per heavy atom. The predicted molar refractivity (Wildman–Crippen MR) is 135 cm³/mol. The van der Waals surface area contributed by atoms with Gasteiger partial charge in [-0.05, 0) is 24.2 Å². The highest BCUT2D eigenvalue weighted by Gasteiger charge is 2.46. The van der Waals surface area contributed by atoms with Crippen LogP contribution in [0.3, 0.4) is 0 Å². The Hall–Kier alpha value is -2.10. The van der Waals surface area contributed by atoms with Crippen LogP contribution >= 0.6 is 11.8 Å². The second-order valence-electron chi connectivity index (χ2n) is 8.83. The first kappa shape index (κ1) is 29.1. The lowest BCUT2D eigenvalue weighted by molar-refractivity contribution is -0.187. The third kappa shape index (κ3) is 11.0. The molecule has 0 bridgehead atoms. The van der Waals surface area contributed by atoms with Crippen molar-refractivity contribution in [1.29, 1.82) is 0 Å². The molecule has 35 heavy (non-hydrogen) atoms. The number of carbonyl (C=O) groups excluding carboxylic acids is 3. The third-order valence-corrected chi connectivity index (χ3v) is 7.01. The van der Waals surface area contributed by atoms with Crippen molar-refractivity contribution >= 4 is 29.6 Å². The number of hydrogen-bond acceptors (Lipinski definition) is 8. The van der Waals surface area contributed by atoms with Crippen LogP contribution in [0.5, 0.6) is 0 Å². The summed E-state index contributed by atoms with van der Waals surface area (Å²) in [6.07, 6.45) is 2.94. The minimum Gasteiger partial charge on any atom is -0.463 e. The second kappa shape index (κ2) is 15.8. The van der Waals surface area contributed by atoms with Gasteiger partial charge < -0.3 is 24.3 Å². The molecule has 1 heterocycles. The smallest absolute Gasteiger partial charge is 0.303 e. The minimum atomic E-state index is -0.628. The van der Waals surface area contributed by atoms with Gasteiger partial charge in [0.1, 0.15) is 24.3 Å². The normalized spacial score (nSPS) is 23.9. The van der Waals surface area contributed by atoms with Crippen molar-refractivity contribution in [2.75, 3.05) is 19.0 Å². The number of hydrogen-bond donors (Lipinski definition) is 1. The molecule has 5 unspecified atom stereocenters. The van der Waals surface area contributed by atoms with Crippen molar-refractivity contribution in [3.63, 3.8) is 0 Å². The van der Waals surface area contributed by atoms with Gasteiger partial charge in [-0.1, -0.05) is 50.1 Å². The van der Waals surface area contributed by atoms with E-state index in [2.05, 4.69) is 17.4 Å². The zero-order chi connectivity index (χ0) is 25.6. The Kier molecular flexibility index (Phi) is 13.2. The number of benzene rings is 1. The summed E-state index contributed by atoms with van der Waals surface area (Å²) in [5.74, 6) is -0.401. The molecule has 1 aromatic carbocycles. The number of ether oxygens (including phenoxy) is 4. The molecule has 8 nitrogen and oxygen atoms in total. The number of rotatable bonds is 14. The first-order chi connectivity index (χ1) is 16.8. The highest BCUT2D eigenvalue weighted by atomic mass is 32.2. The molecule has 1 fully saturated rings. The summed E-state index contributed by atoms with van der Waals surface area (Å²) in [6.45, 7) is 7.40. The molecule has 1 aromatic rings. The Labute approximate surface area is 212 Å². The van der Waals surface area contributed by atoms with Crippen LogP contribution in [0.4, 0.5) is 0 Å². The predicted octanol–water partition coefficient (Wildman–Crippen LogP) is 3.86. The first-order valence-corrected chi connectivity index (χ1v) is 13.3. The van der Waals surface area contributed by atoms with Gasteiger partial charge in [-0.2, -0.15) is 0 Å². The Morgan fingerprint density at radius 2 is 1.71 bits per heavy atom. The lowest BCUT2D eigenvalue weighted by atomic mass is 9.89. The summed E-state index contributed by atoms with van der Waals surface area (Å²) in [5.41, 5.74) is 0.845. The van der Waals surface area contributed by atoms with E-state index in [1.807, 2.05) is 25.1 Å². The van der Waals surface area contributed by atoms with Gasteiger partial charge in [0.2, 0.25) is 5.91 Å². The number of nitrogens with one attached hydrogen (secondary N) is 1. The summed E-state index contributed by atoms with van der Waals surface area (Å²) >= 11 is 1.63. The molecule has 1 amide bonds. The number of esters is 2. The summed E-state index contributed by atoms with van der Waals surface area (Å²) in [7, 11) is 0. The van der Waals surface area contributed by atoms with Crippen molar-refractivity contribution in [1.82, 2.24) is 5.32 Å². The molecular weight excluding hydrogens is 470 g/mol. The van der Waals surface area contributed by atoms with Gasteiger partial charge in [0.15, 0.2) is 0 Å². The van der Waals surface area contributed by atoms with Crippen LogP contribution in [-0.2, 0) is 39.9 Å². The average molecular weight is 510 g/mol. The Balaban J connectivity index is 1.79. The van der Waals surface area contributed by atoms with E-state index in [0.29, 0.717) is 6.61 Å². The van der Waals surface area contributed by atoms with Gasteiger partial charge in [0, 0.05) is 33.3 Å². The molecule has 0 saturated carbocycles. The fourth-order valence-electron chi connectivity index (χ4n) is 4.03. The molecule has 9 heteroatoms. The van der Waals surface area contributed by atoms with E-state index in [0.717, 1.165) is 38.0 Å². The zero-order valence-electron chi connectivity index (χ0n) is 21.2. The van der Waals surface area contributed by atoms with Crippen molar-refractivity contribution in [3.8, 4) is 0 Å². The zero-order valence-corrected chi connectivity index (χ0v) is 22.0. The maximum absolute atomic E-state index is 11.9. The summed E-state index contributed by atoms with van der Waals surface area (Å²) in [4.78, 5) is 34.9. The topological polar surface area (TPSA) is 100 Å². The molecule has 5 atom stereocenters. The van der Waals surface area contributed by atoms with Gasteiger partial charge in [-0.15, -0.1) is 11.8 Å². The number of unbranched alkanes of at least 4 members (excludes halogenated alkanes) is 3. The van der Waals surface area contributed by atoms with Crippen LogP contribution in [-0.4, -0.2) is 60.5 Å². The Morgan fingerprint density at radius 1 is 1.00 bits per heavy atom. The molecule has 1 aliphatic rings. The lowest BCUT2D eigenvalue weighted by Gasteiger charge is -2.44. The van der Waals surface area contributed by atoms with E-state index < -0.39 is 24.1 Å². The fraction of sp³-hybridized carbons (Fsp3) is 0.654. The first-order valence-electron chi connectivity index (χ1n) is 12.2. The van der Waals surface area contributed by atoms with E-state index in [-0.39, 0.29) is 29.9 Å². The molecule has 0 radical (unpaired) electrons. The van der Waals surface area contributed by atoms with Crippen LogP contribution in [0.1, 0.15) is 58.9 Å². The average Bonchev–Trinajstić information content (AvgIpc) is 2.80. The maximum atomic E-state index is 11.9. The highest BCUT2D eigenvalue weighted by molar-refractivity contribution is 7.99. The van der Waals surface area contributed by atoms with Gasteiger partial charge in [0.05, 0.1) is 12.6 Å². The van der Waals surface area contributed by atoms with Gasteiger partial charge in [-0.25, -0.2) is 0 Å². The number of thioether (sulfide) groups is 1. The highest BCUT2D eigenvalue weighted by Crippen LogP contribution is 2.34. The van der Waals surface area contributed by atoms with Crippen LogP contribution in [0.25, 0.3) is 0 Å². The molecule has 2 rings (SSSR count). The van der Waals surface area contributed by atoms with Crippen molar-refractivity contribution < 1.29 is 33.3 Å². The largest absolute Gasteiger partial charge is 0.463 e. The van der Waals surface area contributed by atoms with Crippen LogP contribution in [0, 0.1) is 5.92 Å². The number of amides is 1. The lowest BCUT2D eigenvalue weighted by Crippen LogP contribution is -2.60. The van der Waals surface area contributed by atoms with Crippen molar-refractivity contribution in [3.05, 3.63) is 35.9 Å². The third-order valence-electron chi connectivity index (χ3n) is 5.75. The van der Waals surface area contributed by atoms with Gasteiger partial charge in [0.25, 0.3) is 0 Å². The van der Waals surface area contributed by atoms with Crippen molar-refractivity contribution in [2.24, 2.45) is 5.92 Å². The molecule has 1 N–H and O–H groups in total. The quantitative estimate of drug-likeness (QED) is 0.298. The van der Waals surface area contributed by atoms with Crippen LogP contribution in [0.15, 0.2) is 30.3 Å². The molecular formula is C26H39NO7S. The molecule has 0 aromatic heterocycles. The van der Waals surface area contributed by atoms with Crippen LogP contribution < -0.4 is 5.32 Å². The monoisotopic (exact) mass is 509 g/mol. The van der Waals surface area contributed by atoms with E-state index >= 15 is 0 Å². The Bertz CT molecular complexity index is 789.